The Bertz CT molecular complexity index is 1050. The molecule has 134 valence electrons. The zero-order chi connectivity index (χ0) is 18.6. The van der Waals surface area contributed by atoms with Gasteiger partial charge in [0.05, 0.1) is 4.90 Å². The standard InChI is InChI=1S/C19H19N3O3S/c20-19(21)16-6-3-7-17(12-16)25-11-10-22-26(23,24)18-9-8-14-4-1-2-5-15(14)13-18/h1-9,12-13,22H,10-11H2,(H3,20,21). The maximum Gasteiger partial charge on any atom is 0.240 e. The molecule has 0 amide bonds. The minimum absolute atomic E-state index is 0.0487. The fourth-order valence-electron chi connectivity index (χ4n) is 2.52. The van der Waals surface area contributed by atoms with E-state index < -0.39 is 10.0 Å². The summed E-state index contributed by atoms with van der Waals surface area (Å²) in [6.07, 6.45) is 0. The van der Waals surface area contributed by atoms with Crippen LogP contribution in [0.2, 0.25) is 0 Å². The molecule has 3 rings (SSSR count). The SMILES string of the molecule is N=C(N)c1cccc(OCCNS(=O)(=O)c2ccc3ccccc3c2)c1. The molecule has 26 heavy (non-hydrogen) atoms. The maximum atomic E-state index is 12.4. The quantitative estimate of drug-likeness (QED) is 0.338. The van der Waals surface area contributed by atoms with Crippen LogP contribution in [-0.2, 0) is 10.0 Å². The summed E-state index contributed by atoms with van der Waals surface area (Å²) in [7, 11) is -3.61. The van der Waals surface area contributed by atoms with Crippen LogP contribution >= 0.6 is 0 Å². The Balaban J connectivity index is 1.61. The molecule has 0 heterocycles. The average Bonchev–Trinajstić information content (AvgIpc) is 2.65. The van der Waals surface area contributed by atoms with Crippen molar-refractivity contribution in [3.05, 3.63) is 72.3 Å². The topological polar surface area (TPSA) is 105 Å². The minimum atomic E-state index is -3.61. The molecule has 6 nitrogen and oxygen atoms in total. The summed E-state index contributed by atoms with van der Waals surface area (Å²) >= 11 is 0. The monoisotopic (exact) mass is 369 g/mol. The number of amidine groups is 1. The Kier molecular flexibility index (Phi) is 5.20. The van der Waals surface area contributed by atoms with E-state index in [2.05, 4.69) is 4.72 Å². The predicted molar refractivity (Wildman–Crippen MR) is 102 cm³/mol. The van der Waals surface area contributed by atoms with Crippen LogP contribution in [0.15, 0.2) is 71.6 Å². The van der Waals surface area contributed by atoms with Crippen LogP contribution in [-0.4, -0.2) is 27.4 Å². The molecule has 0 aliphatic heterocycles. The van der Waals surface area contributed by atoms with E-state index >= 15 is 0 Å². The fraction of sp³-hybridized carbons (Fsp3) is 0.105. The first-order chi connectivity index (χ1) is 12.5. The molecule has 0 aliphatic rings. The van der Waals surface area contributed by atoms with E-state index in [1.54, 1.807) is 42.5 Å². The lowest BCUT2D eigenvalue weighted by Crippen LogP contribution is -2.28. The first kappa shape index (κ1) is 17.9. The highest BCUT2D eigenvalue weighted by Crippen LogP contribution is 2.18. The molecule has 0 fully saturated rings. The van der Waals surface area contributed by atoms with Gasteiger partial charge in [-0.3, -0.25) is 5.41 Å². The zero-order valence-electron chi connectivity index (χ0n) is 14.0. The van der Waals surface area contributed by atoms with Gasteiger partial charge in [-0.15, -0.1) is 0 Å². The number of fused-ring (bicyclic) bond motifs is 1. The molecule has 7 heteroatoms. The smallest absolute Gasteiger partial charge is 0.240 e. The molecule has 0 atom stereocenters. The average molecular weight is 369 g/mol. The van der Waals surface area contributed by atoms with E-state index in [0.29, 0.717) is 11.3 Å². The van der Waals surface area contributed by atoms with Gasteiger partial charge in [-0.2, -0.15) is 0 Å². The van der Waals surface area contributed by atoms with Gasteiger partial charge in [-0.05, 0) is 35.0 Å². The highest BCUT2D eigenvalue weighted by Gasteiger charge is 2.13. The number of ether oxygens (including phenoxy) is 1. The van der Waals surface area contributed by atoms with Crippen molar-refractivity contribution in [2.45, 2.75) is 4.90 Å². The van der Waals surface area contributed by atoms with Gasteiger partial charge in [-0.1, -0.05) is 42.5 Å². The van der Waals surface area contributed by atoms with Gasteiger partial charge in [0.15, 0.2) is 0 Å². The van der Waals surface area contributed by atoms with Crippen LogP contribution in [0, 0.1) is 5.41 Å². The zero-order valence-corrected chi connectivity index (χ0v) is 14.8. The van der Waals surface area contributed by atoms with Crippen LogP contribution in [0.4, 0.5) is 0 Å². The van der Waals surface area contributed by atoms with Crippen molar-refractivity contribution in [2.75, 3.05) is 13.2 Å². The molecular formula is C19H19N3O3S. The number of hydrogen-bond donors (Lipinski definition) is 3. The molecule has 0 radical (unpaired) electrons. The first-order valence-corrected chi connectivity index (χ1v) is 9.50. The summed E-state index contributed by atoms with van der Waals surface area (Å²) in [6, 6.07) is 19.4. The Morgan fingerprint density at radius 3 is 2.54 bits per heavy atom. The van der Waals surface area contributed by atoms with Gasteiger partial charge >= 0.3 is 0 Å². The lowest BCUT2D eigenvalue weighted by molar-refractivity contribution is 0.323. The molecule has 0 unspecified atom stereocenters. The van der Waals surface area contributed by atoms with Crippen LogP contribution in [0.5, 0.6) is 5.75 Å². The van der Waals surface area contributed by atoms with Crippen molar-refractivity contribution < 1.29 is 13.2 Å². The molecule has 0 saturated carbocycles. The third-order valence-electron chi connectivity index (χ3n) is 3.84. The van der Waals surface area contributed by atoms with Crippen LogP contribution in [0.25, 0.3) is 10.8 Å². The van der Waals surface area contributed by atoms with Gasteiger partial charge in [0, 0.05) is 12.1 Å². The largest absolute Gasteiger partial charge is 0.492 e. The summed E-state index contributed by atoms with van der Waals surface area (Å²) in [5, 5.41) is 9.26. The van der Waals surface area contributed by atoms with E-state index in [9.17, 15) is 8.42 Å². The molecule has 3 aromatic carbocycles. The Morgan fingerprint density at radius 1 is 1.00 bits per heavy atom. The van der Waals surface area contributed by atoms with E-state index in [-0.39, 0.29) is 23.9 Å². The lowest BCUT2D eigenvalue weighted by Gasteiger charge is -2.10. The van der Waals surface area contributed by atoms with Gasteiger partial charge in [0.1, 0.15) is 18.2 Å². The predicted octanol–water partition coefficient (Wildman–Crippen LogP) is 2.48. The number of sulfonamides is 1. The van der Waals surface area contributed by atoms with E-state index in [4.69, 9.17) is 15.9 Å². The summed E-state index contributed by atoms with van der Waals surface area (Å²) in [5.74, 6) is 0.482. The van der Waals surface area contributed by atoms with Crippen LogP contribution in [0.3, 0.4) is 0 Å². The minimum Gasteiger partial charge on any atom is -0.492 e. The van der Waals surface area contributed by atoms with E-state index in [1.807, 2.05) is 24.3 Å². The summed E-state index contributed by atoms with van der Waals surface area (Å²) in [4.78, 5) is 0.217. The normalized spacial score (nSPS) is 11.4. The summed E-state index contributed by atoms with van der Waals surface area (Å²) < 4.78 is 32.9. The van der Waals surface area contributed by atoms with Crippen molar-refractivity contribution in [2.24, 2.45) is 5.73 Å². The van der Waals surface area contributed by atoms with Gasteiger partial charge in [-0.25, -0.2) is 13.1 Å². The van der Waals surface area contributed by atoms with Crippen molar-refractivity contribution in [3.63, 3.8) is 0 Å². The summed E-state index contributed by atoms with van der Waals surface area (Å²) in [5.41, 5.74) is 5.99. The van der Waals surface area contributed by atoms with Crippen molar-refractivity contribution in [3.8, 4) is 5.75 Å². The molecule has 0 spiro atoms. The Hall–Kier alpha value is -2.90. The Morgan fingerprint density at radius 2 is 1.77 bits per heavy atom. The Labute approximate surface area is 152 Å². The van der Waals surface area contributed by atoms with Gasteiger partial charge < -0.3 is 10.5 Å². The number of benzene rings is 3. The second kappa shape index (κ2) is 7.55. The highest BCUT2D eigenvalue weighted by molar-refractivity contribution is 7.89. The number of nitrogen functional groups attached to an aromatic ring is 1. The molecule has 0 saturated heterocycles. The fourth-order valence-corrected chi connectivity index (χ4v) is 3.56. The van der Waals surface area contributed by atoms with Crippen LogP contribution < -0.4 is 15.2 Å². The second-order valence-electron chi connectivity index (χ2n) is 5.70. The highest BCUT2D eigenvalue weighted by atomic mass is 32.2. The van der Waals surface area contributed by atoms with Crippen molar-refractivity contribution >= 4 is 26.6 Å². The number of nitrogens with two attached hydrogens (primary N) is 1. The van der Waals surface area contributed by atoms with Gasteiger partial charge in [0.2, 0.25) is 10.0 Å². The first-order valence-electron chi connectivity index (χ1n) is 8.01. The summed E-state index contributed by atoms with van der Waals surface area (Å²) in [6.45, 7) is 0.285. The lowest BCUT2D eigenvalue weighted by atomic mass is 10.1. The van der Waals surface area contributed by atoms with Crippen molar-refractivity contribution in [1.82, 2.24) is 4.72 Å². The molecule has 3 aromatic rings. The van der Waals surface area contributed by atoms with Crippen LogP contribution in [0.1, 0.15) is 5.56 Å². The number of rotatable bonds is 7. The van der Waals surface area contributed by atoms with E-state index in [0.717, 1.165) is 10.8 Å². The third-order valence-corrected chi connectivity index (χ3v) is 5.30. The molecule has 0 aromatic heterocycles. The molecular weight excluding hydrogens is 350 g/mol. The molecule has 0 aliphatic carbocycles. The number of hydrogen-bond acceptors (Lipinski definition) is 4. The maximum absolute atomic E-state index is 12.4. The molecule has 4 N–H and O–H groups in total. The molecule has 0 bridgehead atoms. The van der Waals surface area contributed by atoms with Crippen molar-refractivity contribution in [1.29, 1.82) is 5.41 Å². The van der Waals surface area contributed by atoms with E-state index in [1.165, 1.54) is 0 Å². The number of nitrogens with one attached hydrogen (secondary N) is 2. The second-order valence-corrected chi connectivity index (χ2v) is 7.46. The van der Waals surface area contributed by atoms with Gasteiger partial charge in [0.25, 0.3) is 0 Å². The third kappa shape index (κ3) is 4.19.